The van der Waals surface area contributed by atoms with E-state index < -0.39 is 0 Å². The summed E-state index contributed by atoms with van der Waals surface area (Å²) in [5.74, 6) is 0. The van der Waals surface area contributed by atoms with Crippen LogP contribution in [0.4, 0.5) is 0 Å². The van der Waals surface area contributed by atoms with Crippen molar-refractivity contribution in [2.24, 2.45) is 7.05 Å². The van der Waals surface area contributed by atoms with Gasteiger partial charge in [0.15, 0.2) is 0 Å². The van der Waals surface area contributed by atoms with Crippen LogP contribution >= 0.6 is 23.2 Å². The van der Waals surface area contributed by atoms with E-state index in [2.05, 4.69) is 10.1 Å². The maximum absolute atomic E-state index is 5.92. The van der Waals surface area contributed by atoms with Crippen LogP contribution in [-0.4, -0.2) is 14.8 Å². The molecule has 0 radical (unpaired) electrons. The van der Waals surface area contributed by atoms with E-state index in [-0.39, 0.29) is 0 Å². The van der Waals surface area contributed by atoms with Crippen molar-refractivity contribution in [3.8, 4) is 0 Å². The summed E-state index contributed by atoms with van der Waals surface area (Å²) >= 11 is 11.6. The van der Waals surface area contributed by atoms with Crippen molar-refractivity contribution < 1.29 is 0 Å². The fourth-order valence-electron chi connectivity index (χ4n) is 1.10. The van der Waals surface area contributed by atoms with Crippen LogP contribution in [0, 0.1) is 0 Å². The van der Waals surface area contributed by atoms with Gasteiger partial charge in [-0.3, -0.25) is 4.68 Å². The third kappa shape index (κ3) is 1.06. The van der Waals surface area contributed by atoms with Gasteiger partial charge in [-0.25, -0.2) is 4.98 Å². The lowest BCUT2D eigenvalue weighted by Crippen LogP contribution is -1.90. The van der Waals surface area contributed by atoms with Gasteiger partial charge >= 0.3 is 0 Å². The normalized spacial score (nSPS) is 10.9. The third-order valence-corrected chi connectivity index (χ3v) is 2.10. The lowest BCUT2D eigenvalue weighted by molar-refractivity contribution is 0.797. The van der Waals surface area contributed by atoms with E-state index in [0.29, 0.717) is 10.2 Å². The first-order chi connectivity index (χ1) is 5.68. The van der Waals surface area contributed by atoms with Gasteiger partial charge in [-0.1, -0.05) is 23.2 Å². The van der Waals surface area contributed by atoms with Crippen LogP contribution in [0.5, 0.6) is 0 Å². The number of nitrogens with zero attached hydrogens (tertiary/aromatic N) is 3. The molecule has 2 aromatic heterocycles. The average Bonchev–Trinajstić information content (AvgIpc) is 2.31. The standard InChI is InChI=1S/C7H5Cl2N3/c1-12-7-4(8)2-6(9)11-5(7)3-10-12/h2-3H,1H3. The highest BCUT2D eigenvalue weighted by Gasteiger charge is 2.06. The molecule has 0 amide bonds. The topological polar surface area (TPSA) is 30.7 Å². The molecule has 5 heteroatoms. The van der Waals surface area contributed by atoms with Crippen LogP contribution in [0.15, 0.2) is 12.3 Å². The van der Waals surface area contributed by atoms with Crippen molar-refractivity contribution >= 4 is 34.2 Å². The van der Waals surface area contributed by atoms with Crippen molar-refractivity contribution in [1.29, 1.82) is 0 Å². The van der Waals surface area contributed by atoms with E-state index in [9.17, 15) is 0 Å². The predicted octanol–water partition coefficient (Wildman–Crippen LogP) is 2.28. The Kier molecular flexibility index (Phi) is 1.70. The quantitative estimate of drug-likeness (QED) is 0.613. The number of halogens is 2. The van der Waals surface area contributed by atoms with Crippen LogP contribution in [0.2, 0.25) is 10.2 Å². The molecule has 0 aromatic carbocycles. The second-order valence-electron chi connectivity index (χ2n) is 2.43. The number of rotatable bonds is 0. The Morgan fingerprint density at radius 3 is 2.92 bits per heavy atom. The second kappa shape index (κ2) is 2.61. The minimum absolute atomic E-state index is 0.389. The summed E-state index contributed by atoms with van der Waals surface area (Å²) in [6, 6.07) is 1.60. The molecule has 0 fully saturated rings. The molecule has 2 heterocycles. The Hall–Kier alpha value is -0.800. The number of hydrogen-bond donors (Lipinski definition) is 0. The molecule has 0 saturated carbocycles. The SMILES string of the molecule is Cn1ncc2nc(Cl)cc(Cl)c21. The van der Waals surface area contributed by atoms with Gasteiger partial charge in [0.2, 0.25) is 0 Å². The van der Waals surface area contributed by atoms with E-state index in [4.69, 9.17) is 23.2 Å². The number of hydrogen-bond acceptors (Lipinski definition) is 2. The van der Waals surface area contributed by atoms with E-state index in [1.54, 1.807) is 16.9 Å². The lowest BCUT2D eigenvalue weighted by atomic mass is 10.4. The van der Waals surface area contributed by atoms with Crippen LogP contribution in [0.3, 0.4) is 0 Å². The van der Waals surface area contributed by atoms with Crippen molar-refractivity contribution in [1.82, 2.24) is 14.8 Å². The van der Waals surface area contributed by atoms with Crippen molar-refractivity contribution in [2.45, 2.75) is 0 Å². The molecule has 62 valence electrons. The van der Waals surface area contributed by atoms with Gasteiger partial charge in [-0.15, -0.1) is 0 Å². The van der Waals surface area contributed by atoms with Crippen LogP contribution in [0.25, 0.3) is 11.0 Å². The summed E-state index contributed by atoms with van der Waals surface area (Å²) in [6.07, 6.45) is 1.63. The summed E-state index contributed by atoms with van der Waals surface area (Å²) in [5.41, 5.74) is 1.52. The van der Waals surface area contributed by atoms with Crippen LogP contribution in [-0.2, 0) is 7.05 Å². The van der Waals surface area contributed by atoms with Crippen LogP contribution < -0.4 is 0 Å². The summed E-state index contributed by atoms with van der Waals surface area (Å²) in [7, 11) is 1.81. The van der Waals surface area contributed by atoms with Gasteiger partial charge in [0, 0.05) is 7.05 Å². The number of aromatic nitrogens is 3. The molecular formula is C7H5Cl2N3. The molecule has 2 rings (SSSR count). The van der Waals surface area contributed by atoms with Crippen molar-refractivity contribution in [3.05, 3.63) is 22.4 Å². The maximum atomic E-state index is 5.92. The smallest absolute Gasteiger partial charge is 0.131 e. The first-order valence-electron chi connectivity index (χ1n) is 3.32. The Morgan fingerprint density at radius 1 is 1.42 bits per heavy atom. The fourth-order valence-corrected chi connectivity index (χ4v) is 1.68. The molecule has 12 heavy (non-hydrogen) atoms. The van der Waals surface area contributed by atoms with Gasteiger partial charge in [0.1, 0.15) is 16.2 Å². The fraction of sp³-hybridized carbons (Fsp3) is 0.143. The molecule has 0 N–H and O–H groups in total. The van der Waals surface area contributed by atoms with E-state index in [0.717, 1.165) is 11.0 Å². The molecular weight excluding hydrogens is 197 g/mol. The molecule has 0 aliphatic carbocycles. The highest BCUT2D eigenvalue weighted by atomic mass is 35.5. The summed E-state index contributed by atoms with van der Waals surface area (Å²) in [6.45, 7) is 0. The van der Waals surface area contributed by atoms with Gasteiger partial charge < -0.3 is 0 Å². The van der Waals surface area contributed by atoms with Crippen LogP contribution in [0.1, 0.15) is 0 Å². The minimum atomic E-state index is 0.389. The highest BCUT2D eigenvalue weighted by molar-refractivity contribution is 6.37. The molecule has 0 saturated heterocycles. The van der Waals surface area contributed by atoms with Crippen molar-refractivity contribution in [2.75, 3.05) is 0 Å². The monoisotopic (exact) mass is 201 g/mol. The summed E-state index contributed by atoms with van der Waals surface area (Å²) in [5, 5.41) is 4.97. The third-order valence-electron chi connectivity index (χ3n) is 1.62. The number of pyridine rings is 1. The highest BCUT2D eigenvalue weighted by Crippen LogP contribution is 2.23. The molecule has 0 aliphatic rings. The molecule has 0 spiro atoms. The predicted molar refractivity (Wildman–Crippen MR) is 48.5 cm³/mol. The van der Waals surface area contributed by atoms with E-state index >= 15 is 0 Å². The summed E-state index contributed by atoms with van der Waals surface area (Å²) < 4.78 is 1.67. The van der Waals surface area contributed by atoms with E-state index in [1.807, 2.05) is 7.05 Å². The van der Waals surface area contributed by atoms with Gasteiger partial charge in [-0.05, 0) is 6.07 Å². The van der Waals surface area contributed by atoms with Gasteiger partial charge in [-0.2, -0.15) is 5.10 Å². The summed E-state index contributed by atoms with van der Waals surface area (Å²) in [4.78, 5) is 4.05. The minimum Gasteiger partial charge on any atom is -0.265 e. The van der Waals surface area contributed by atoms with E-state index in [1.165, 1.54) is 0 Å². The Labute approximate surface area is 78.9 Å². The van der Waals surface area contributed by atoms with Crippen molar-refractivity contribution in [3.63, 3.8) is 0 Å². The zero-order valence-corrected chi connectivity index (χ0v) is 7.76. The molecule has 0 bridgehead atoms. The largest absolute Gasteiger partial charge is 0.265 e. The molecule has 0 atom stereocenters. The number of fused-ring (bicyclic) bond motifs is 1. The second-order valence-corrected chi connectivity index (χ2v) is 3.22. The first-order valence-corrected chi connectivity index (χ1v) is 4.08. The molecule has 0 unspecified atom stereocenters. The zero-order chi connectivity index (χ0) is 8.72. The molecule has 3 nitrogen and oxygen atoms in total. The number of aryl methyl sites for hydroxylation is 1. The molecule has 0 aliphatic heterocycles. The lowest BCUT2D eigenvalue weighted by Gasteiger charge is -1.96. The molecule has 2 aromatic rings. The first kappa shape index (κ1) is 7.83. The Morgan fingerprint density at radius 2 is 2.17 bits per heavy atom. The maximum Gasteiger partial charge on any atom is 0.131 e. The van der Waals surface area contributed by atoms with Gasteiger partial charge in [0.25, 0.3) is 0 Å². The Balaban J connectivity index is 2.93. The Bertz CT molecular complexity index is 435. The van der Waals surface area contributed by atoms with Gasteiger partial charge in [0.05, 0.1) is 11.2 Å². The zero-order valence-electron chi connectivity index (χ0n) is 6.25. The average molecular weight is 202 g/mol.